The topological polar surface area (TPSA) is 102 Å². The van der Waals surface area contributed by atoms with E-state index >= 15 is 0 Å². The van der Waals surface area contributed by atoms with Gasteiger partial charge in [-0.2, -0.15) is 0 Å². The Morgan fingerprint density at radius 2 is 1.81 bits per heavy atom. The molecule has 1 aliphatic heterocycles. The number of aliphatic hydroxyl groups excluding tert-OH is 1. The minimum atomic E-state index is -4.32. The summed E-state index contributed by atoms with van der Waals surface area (Å²) in [7, 11) is -4.32. The zero-order valence-corrected chi connectivity index (χ0v) is 21.5. The number of aryl methyl sites for hydroxylation is 1. The van der Waals surface area contributed by atoms with Gasteiger partial charge in [0.05, 0.1) is 17.2 Å². The fourth-order valence-electron chi connectivity index (χ4n) is 4.00. The third kappa shape index (κ3) is 5.13. The summed E-state index contributed by atoms with van der Waals surface area (Å²) in [6.45, 7) is 4.62. The lowest BCUT2D eigenvalue weighted by Crippen LogP contribution is -2.37. The molecule has 0 radical (unpaired) electrons. The molecule has 2 atom stereocenters. The van der Waals surface area contributed by atoms with E-state index in [1.807, 2.05) is 19.1 Å². The number of halogens is 1. The summed E-state index contributed by atoms with van der Waals surface area (Å²) in [4.78, 5) is 12.4. The Morgan fingerprint density at radius 3 is 2.53 bits per heavy atom. The molecule has 0 saturated carbocycles. The second kappa shape index (κ2) is 10.4. The molecule has 190 valence electrons. The molecule has 0 aliphatic carbocycles. The number of carbonyl (C=O) groups excluding carboxylic acids is 1. The maximum atomic E-state index is 13.9. The molecule has 0 amide bonds. The van der Waals surface area contributed by atoms with E-state index in [1.54, 1.807) is 26.0 Å². The molecule has 0 aromatic heterocycles. The second-order valence-electron chi connectivity index (χ2n) is 8.19. The number of rotatable bonds is 8. The minimum Gasteiger partial charge on any atom is -0.465 e. The average Bonchev–Trinajstić information content (AvgIpc) is 3.22. The third-order valence-electron chi connectivity index (χ3n) is 5.70. The van der Waals surface area contributed by atoms with E-state index in [0.29, 0.717) is 16.3 Å². The van der Waals surface area contributed by atoms with Crippen LogP contribution in [0, 0.1) is 6.92 Å². The van der Waals surface area contributed by atoms with Crippen molar-refractivity contribution >= 4 is 33.3 Å². The molecule has 0 saturated heterocycles. The molecule has 8 nitrogen and oxygen atoms in total. The predicted octanol–water partition coefficient (Wildman–Crippen LogP) is 4.61. The highest BCUT2D eigenvalue weighted by Gasteiger charge is 2.33. The van der Waals surface area contributed by atoms with Crippen molar-refractivity contribution < 1.29 is 32.5 Å². The molecular formula is C26H26ClNO7S. The smallest absolute Gasteiger partial charge is 0.326 e. The SMILES string of the molecule is CCOC(=O)CN(c1ccc(Cl)cc1C(O)c1ccccc1C)S(=O)(=O)c1ccc2c(c1)OC(C)O2. The lowest BCUT2D eigenvalue weighted by Gasteiger charge is -2.28. The van der Waals surface area contributed by atoms with Crippen molar-refractivity contribution in [3.05, 3.63) is 82.4 Å². The van der Waals surface area contributed by atoms with Gasteiger partial charge in [-0.1, -0.05) is 35.9 Å². The summed E-state index contributed by atoms with van der Waals surface area (Å²) in [6.07, 6.45) is -1.77. The van der Waals surface area contributed by atoms with Crippen LogP contribution in [0.5, 0.6) is 11.5 Å². The molecule has 4 rings (SSSR count). The normalized spacial score (nSPS) is 15.4. The van der Waals surface area contributed by atoms with Crippen molar-refractivity contribution in [2.75, 3.05) is 17.5 Å². The number of fused-ring (bicyclic) bond motifs is 1. The van der Waals surface area contributed by atoms with Crippen LogP contribution in [-0.4, -0.2) is 38.9 Å². The Hall–Kier alpha value is -3.27. The van der Waals surface area contributed by atoms with Crippen molar-refractivity contribution in [1.82, 2.24) is 0 Å². The number of hydrogen-bond donors (Lipinski definition) is 1. The van der Waals surface area contributed by atoms with E-state index in [0.717, 1.165) is 9.87 Å². The van der Waals surface area contributed by atoms with Gasteiger partial charge in [0.25, 0.3) is 10.0 Å². The van der Waals surface area contributed by atoms with Gasteiger partial charge in [-0.15, -0.1) is 0 Å². The van der Waals surface area contributed by atoms with Gasteiger partial charge in [0.1, 0.15) is 12.6 Å². The molecule has 36 heavy (non-hydrogen) atoms. The summed E-state index contributed by atoms with van der Waals surface area (Å²) >= 11 is 6.26. The Bertz CT molecular complexity index is 1390. The Labute approximate surface area is 215 Å². The molecule has 1 heterocycles. The zero-order valence-electron chi connectivity index (χ0n) is 20.0. The van der Waals surface area contributed by atoms with Gasteiger partial charge in [-0.25, -0.2) is 8.42 Å². The lowest BCUT2D eigenvalue weighted by molar-refractivity contribution is -0.141. The molecule has 0 fully saturated rings. The average molecular weight is 532 g/mol. The molecule has 0 bridgehead atoms. The van der Waals surface area contributed by atoms with Crippen LogP contribution in [-0.2, 0) is 19.6 Å². The highest BCUT2D eigenvalue weighted by Crippen LogP contribution is 2.40. The lowest BCUT2D eigenvalue weighted by atomic mass is 9.96. The summed E-state index contributed by atoms with van der Waals surface area (Å²) in [6, 6.07) is 15.9. The van der Waals surface area contributed by atoms with Gasteiger partial charge < -0.3 is 19.3 Å². The van der Waals surface area contributed by atoms with Gasteiger partial charge in [-0.05, 0) is 55.3 Å². The molecule has 3 aromatic carbocycles. The van der Waals surface area contributed by atoms with Crippen molar-refractivity contribution in [3.8, 4) is 11.5 Å². The Balaban J connectivity index is 1.85. The van der Waals surface area contributed by atoms with E-state index in [4.69, 9.17) is 25.8 Å². The van der Waals surface area contributed by atoms with Gasteiger partial charge >= 0.3 is 5.97 Å². The number of ether oxygens (including phenoxy) is 3. The van der Waals surface area contributed by atoms with E-state index in [-0.39, 0.29) is 28.5 Å². The van der Waals surface area contributed by atoms with Crippen LogP contribution >= 0.6 is 11.6 Å². The summed E-state index contributed by atoms with van der Waals surface area (Å²) in [5.41, 5.74) is 1.69. The molecule has 0 spiro atoms. The highest BCUT2D eigenvalue weighted by molar-refractivity contribution is 7.92. The first kappa shape index (κ1) is 25.8. The number of hydrogen-bond acceptors (Lipinski definition) is 7. The zero-order chi connectivity index (χ0) is 26.0. The van der Waals surface area contributed by atoms with Crippen LogP contribution < -0.4 is 13.8 Å². The maximum absolute atomic E-state index is 13.9. The van der Waals surface area contributed by atoms with E-state index in [1.165, 1.54) is 36.4 Å². The fraction of sp³-hybridized carbons (Fsp3) is 0.269. The van der Waals surface area contributed by atoms with Crippen LogP contribution in [0.2, 0.25) is 5.02 Å². The van der Waals surface area contributed by atoms with Crippen molar-refractivity contribution in [2.45, 2.75) is 38.1 Å². The summed E-state index contributed by atoms with van der Waals surface area (Å²) in [5, 5.41) is 11.6. The first-order chi connectivity index (χ1) is 17.1. The molecule has 10 heteroatoms. The Kier molecular flexibility index (Phi) is 7.44. The quantitative estimate of drug-likeness (QED) is 0.423. The number of aliphatic hydroxyl groups is 1. The number of benzene rings is 3. The van der Waals surface area contributed by atoms with Gasteiger partial charge in [0, 0.05) is 23.6 Å². The monoisotopic (exact) mass is 531 g/mol. The molecule has 3 aromatic rings. The number of sulfonamides is 1. The van der Waals surface area contributed by atoms with Crippen molar-refractivity contribution in [1.29, 1.82) is 0 Å². The van der Waals surface area contributed by atoms with Crippen LogP contribution in [0.4, 0.5) is 5.69 Å². The molecule has 1 aliphatic rings. The van der Waals surface area contributed by atoms with Crippen LogP contribution in [0.1, 0.15) is 36.6 Å². The first-order valence-electron chi connectivity index (χ1n) is 11.3. The van der Waals surface area contributed by atoms with Crippen LogP contribution in [0.15, 0.2) is 65.6 Å². The molecule has 1 N–H and O–H groups in total. The van der Waals surface area contributed by atoms with Crippen molar-refractivity contribution in [3.63, 3.8) is 0 Å². The molecule has 2 unspecified atom stereocenters. The minimum absolute atomic E-state index is 0.0773. The predicted molar refractivity (Wildman–Crippen MR) is 135 cm³/mol. The standard InChI is InChI=1S/C26H26ClNO7S/c1-4-33-25(29)15-28(36(31,32)19-10-12-23-24(14-19)35-17(3)34-23)22-11-9-18(27)13-21(22)26(30)20-8-6-5-7-16(20)2/h5-14,17,26,30H,4,15H2,1-3H3. The van der Waals surface area contributed by atoms with E-state index < -0.39 is 34.9 Å². The highest BCUT2D eigenvalue weighted by atomic mass is 35.5. The van der Waals surface area contributed by atoms with Crippen LogP contribution in [0.25, 0.3) is 0 Å². The largest absolute Gasteiger partial charge is 0.465 e. The fourth-order valence-corrected chi connectivity index (χ4v) is 5.63. The molecular weight excluding hydrogens is 506 g/mol. The summed E-state index contributed by atoms with van der Waals surface area (Å²) in [5.74, 6) is -0.0572. The second-order valence-corrected chi connectivity index (χ2v) is 10.5. The van der Waals surface area contributed by atoms with Gasteiger partial charge in [-0.3, -0.25) is 9.10 Å². The first-order valence-corrected chi connectivity index (χ1v) is 13.1. The van der Waals surface area contributed by atoms with E-state index in [2.05, 4.69) is 0 Å². The number of esters is 1. The summed E-state index contributed by atoms with van der Waals surface area (Å²) < 4.78 is 44.9. The number of anilines is 1. The van der Waals surface area contributed by atoms with Crippen LogP contribution in [0.3, 0.4) is 0 Å². The van der Waals surface area contributed by atoms with E-state index in [9.17, 15) is 18.3 Å². The van der Waals surface area contributed by atoms with Crippen molar-refractivity contribution in [2.24, 2.45) is 0 Å². The van der Waals surface area contributed by atoms with Gasteiger partial charge in [0.2, 0.25) is 6.29 Å². The van der Waals surface area contributed by atoms with Gasteiger partial charge in [0.15, 0.2) is 11.5 Å². The maximum Gasteiger partial charge on any atom is 0.326 e. The third-order valence-corrected chi connectivity index (χ3v) is 7.69. The Morgan fingerprint density at radius 1 is 1.08 bits per heavy atom. The number of carbonyl (C=O) groups is 1. The number of nitrogens with zero attached hydrogens (tertiary/aromatic N) is 1.